The standard InChI is InChI=1S/C26H24FN3O4S/c1-4-12-34-26(32)23-16(2)29-25(20(14-28)24(23)19-10-5-6-11-21(19)27)35-15-22(31)30-17-8-7-9-18(13-17)33-3/h4-11,13,24,29H,1,12,15H2,2-3H3,(H,30,31)/t24-/m0/s1. The van der Waals surface area contributed by atoms with Crippen LogP contribution < -0.4 is 15.4 Å². The van der Waals surface area contributed by atoms with E-state index in [0.717, 1.165) is 11.8 Å². The molecule has 0 saturated heterocycles. The van der Waals surface area contributed by atoms with Crippen LogP contribution in [0.3, 0.4) is 0 Å². The Kier molecular flexibility index (Phi) is 8.70. The molecule has 7 nitrogen and oxygen atoms in total. The molecule has 1 atom stereocenters. The molecular weight excluding hydrogens is 469 g/mol. The number of halogens is 1. The van der Waals surface area contributed by atoms with Gasteiger partial charge in [0.25, 0.3) is 0 Å². The van der Waals surface area contributed by atoms with Gasteiger partial charge in [-0.25, -0.2) is 9.18 Å². The van der Waals surface area contributed by atoms with E-state index < -0.39 is 17.7 Å². The second-order valence-electron chi connectivity index (χ2n) is 7.43. The van der Waals surface area contributed by atoms with Crippen LogP contribution in [0.25, 0.3) is 0 Å². The molecule has 0 spiro atoms. The fourth-order valence-electron chi connectivity index (χ4n) is 3.57. The van der Waals surface area contributed by atoms with E-state index in [0.29, 0.717) is 22.2 Å². The molecule has 0 unspecified atom stereocenters. The number of ether oxygens (including phenoxy) is 2. The highest BCUT2D eigenvalue weighted by Crippen LogP contribution is 2.41. The van der Waals surface area contributed by atoms with E-state index in [4.69, 9.17) is 9.47 Å². The van der Waals surface area contributed by atoms with Gasteiger partial charge in [-0.05, 0) is 25.1 Å². The normalized spacial score (nSPS) is 15.1. The molecule has 2 N–H and O–H groups in total. The Labute approximate surface area is 207 Å². The van der Waals surface area contributed by atoms with Crippen molar-refractivity contribution in [1.29, 1.82) is 5.26 Å². The number of nitrogens with one attached hydrogen (secondary N) is 2. The highest BCUT2D eigenvalue weighted by atomic mass is 32.2. The lowest BCUT2D eigenvalue weighted by atomic mass is 9.82. The van der Waals surface area contributed by atoms with Crippen molar-refractivity contribution < 1.29 is 23.5 Å². The van der Waals surface area contributed by atoms with Crippen molar-refractivity contribution in [3.8, 4) is 11.8 Å². The molecule has 1 amide bonds. The number of rotatable bonds is 9. The van der Waals surface area contributed by atoms with Gasteiger partial charge >= 0.3 is 5.97 Å². The minimum Gasteiger partial charge on any atom is -0.497 e. The monoisotopic (exact) mass is 493 g/mol. The van der Waals surface area contributed by atoms with Crippen LogP contribution in [0, 0.1) is 17.1 Å². The van der Waals surface area contributed by atoms with Gasteiger partial charge in [0.2, 0.25) is 5.91 Å². The number of carbonyl (C=O) groups excluding carboxylic acids is 2. The van der Waals surface area contributed by atoms with Crippen LogP contribution in [-0.4, -0.2) is 31.3 Å². The topological polar surface area (TPSA) is 100 Å². The molecular formula is C26H24FN3O4S. The summed E-state index contributed by atoms with van der Waals surface area (Å²) in [6.45, 7) is 5.14. The van der Waals surface area contributed by atoms with Gasteiger partial charge in [0, 0.05) is 23.0 Å². The van der Waals surface area contributed by atoms with Crippen LogP contribution in [0.2, 0.25) is 0 Å². The maximum atomic E-state index is 14.8. The van der Waals surface area contributed by atoms with Gasteiger partial charge in [0.1, 0.15) is 18.2 Å². The fraction of sp³-hybridized carbons (Fsp3) is 0.192. The van der Waals surface area contributed by atoms with Crippen molar-refractivity contribution in [1.82, 2.24) is 5.32 Å². The van der Waals surface area contributed by atoms with Crippen LogP contribution in [0.1, 0.15) is 18.4 Å². The number of esters is 1. The molecule has 0 radical (unpaired) electrons. The average molecular weight is 494 g/mol. The first kappa shape index (κ1) is 25.6. The smallest absolute Gasteiger partial charge is 0.337 e. The first-order chi connectivity index (χ1) is 16.9. The molecule has 0 aliphatic carbocycles. The van der Waals surface area contributed by atoms with Crippen LogP contribution in [0.4, 0.5) is 10.1 Å². The average Bonchev–Trinajstić information content (AvgIpc) is 2.86. The van der Waals surface area contributed by atoms with Gasteiger partial charge < -0.3 is 20.1 Å². The Morgan fingerprint density at radius 2 is 2.06 bits per heavy atom. The Morgan fingerprint density at radius 3 is 2.74 bits per heavy atom. The minimum absolute atomic E-state index is 0.0295. The van der Waals surface area contributed by atoms with Crippen molar-refractivity contribution in [2.45, 2.75) is 12.8 Å². The van der Waals surface area contributed by atoms with Crippen LogP contribution in [0.5, 0.6) is 5.75 Å². The second-order valence-corrected chi connectivity index (χ2v) is 8.41. The van der Waals surface area contributed by atoms with Crippen LogP contribution >= 0.6 is 11.8 Å². The Hall–Kier alpha value is -4.03. The molecule has 180 valence electrons. The molecule has 1 heterocycles. The lowest BCUT2D eigenvalue weighted by Gasteiger charge is -2.29. The summed E-state index contributed by atoms with van der Waals surface area (Å²) >= 11 is 1.08. The number of nitrogens with zero attached hydrogens (tertiary/aromatic N) is 1. The first-order valence-electron chi connectivity index (χ1n) is 10.6. The maximum absolute atomic E-state index is 14.8. The van der Waals surface area contributed by atoms with Crippen LogP contribution in [0.15, 0.2) is 83.1 Å². The number of amides is 1. The summed E-state index contributed by atoms with van der Waals surface area (Å²) in [4.78, 5) is 25.4. The Bertz CT molecular complexity index is 1250. The molecule has 9 heteroatoms. The number of carbonyl (C=O) groups is 2. The van der Waals surface area contributed by atoms with E-state index in [1.165, 1.54) is 31.4 Å². The van der Waals surface area contributed by atoms with E-state index >= 15 is 0 Å². The highest BCUT2D eigenvalue weighted by Gasteiger charge is 2.37. The zero-order chi connectivity index (χ0) is 25.4. The van der Waals surface area contributed by atoms with Crippen molar-refractivity contribution in [3.05, 3.63) is 94.4 Å². The minimum atomic E-state index is -0.997. The highest BCUT2D eigenvalue weighted by molar-refractivity contribution is 8.03. The summed E-state index contributed by atoms with van der Waals surface area (Å²) in [6, 6.07) is 15.0. The number of dihydropyridines is 1. The third-order valence-electron chi connectivity index (χ3n) is 5.12. The molecule has 2 aromatic rings. The van der Waals surface area contributed by atoms with Gasteiger partial charge in [-0.3, -0.25) is 4.79 Å². The summed E-state index contributed by atoms with van der Waals surface area (Å²) in [5.74, 6) is -1.98. The third kappa shape index (κ3) is 6.11. The molecule has 1 aliphatic rings. The molecule has 1 aliphatic heterocycles. The van der Waals surface area contributed by atoms with Crippen molar-refractivity contribution >= 4 is 29.3 Å². The molecule has 0 saturated carbocycles. The summed E-state index contributed by atoms with van der Waals surface area (Å²) in [5.41, 5.74) is 1.37. The number of benzene rings is 2. The van der Waals surface area contributed by atoms with E-state index in [-0.39, 0.29) is 35.0 Å². The SMILES string of the molecule is C=CCOC(=O)C1=C(C)NC(SCC(=O)Nc2cccc(OC)c2)=C(C#N)[C@@H]1c1ccccc1F. The molecule has 0 bridgehead atoms. The quantitative estimate of drug-likeness (QED) is 0.388. The third-order valence-corrected chi connectivity index (χ3v) is 6.13. The van der Waals surface area contributed by atoms with E-state index in [1.807, 2.05) is 0 Å². The van der Waals surface area contributed by atoms with Gasteiger partial charge in [-0.15, -0.1) is 0 Å². The predicted octanol–water partition coefficient (Wildman–Crippen LogP) is 4.63. The Morgan fingerprint density at radius 1 is 1.29 bits per heavy atom. The molecule has 3 rings (SSSR count). The Balaban J connectivity index is 1.90. The molecule has 0 aromatic heterocycles. The molecule has 2 aromatic carbocycles. The fourth-order valence-corrected chi connectivity index (χ4v) is 4.46. The lowest BCUT2D eigenvalue weighted by Crippen LogP contribution is -2.30. The summed E-state index contributed by atoms with van der Waals surface area (Å²) in [5, 5.41) is 16.2. The van der Waals surface area contributed by atoms with Gasteiger partial charge in [0.05, 0.1) is 41.0 Å². The van der Waals surface area contributed by atoms with E-state index in [9.17, 15) is 19.2 Å². The van der Waals surface area contributed by atoms with E-state index in [1.54, 1.807) is 37.3 Å². The summed E-state index contributed by atoms with van der Waals surface area (Å²) < 4.78 is 25.2. The van der Waals surface area contributed by atoms with Crippen LogP contribution in [-0.2, 0) is 14.3 Å². The van der Waals surface area contributed by atoms with Gasteiger partial charge in [-0.1, -0.05) is 48.7 Å². The number of allylic oxidation sites excluding steroid dienone is 2. The number of nitriles is 1. The van der Waals surface area contributed by atoms with Crippen molar-refractivity contribution in [2.24, 2.45) is 0 Å². The second kappa shape index (κ2) is 11.9. The van der Waals surface area contributed by atoms with Crippen molar-refractivity contribution in [3.63, 3.8) is 0 Å². The van der Waals surface area contributed by atoms with Gasteiger partial charge in [-0.2, -0.15) is 5.26 Å². The largest absolute Gasteiger partial charge is 0.497 e. The zero-order valence-electron chi connectivity index (χ0n) is 19.3. The molecule has 0 fully saturated rings. The maximum Gasteiger partial charge on any atom is 0.337 e. The lowest BCUT2D eigenvalue weighted by molar-refractivity contribution is -0.138. The zero-order valence-corrected chi connectivity index (χ0v) is 20.1. The number of hydrogen-bond acceptors (Lipinski definition) is 7. The van der Waals surface area contributed by atoms with E-state index in [2.05, 4.69) is 23.3 Å². The number of anilines is 1. The summed E-state index contributed by atoms with van der Waals surface area (Å²) in [7, 11) is 1.53. The number of hydrogen-bond donors (Lipinski definition) is 2. The number of thioether (sulfide) groups is 1. The number of methoxy groups -OCH3 is 1. The van der Waals surface area contributed by atoms with Gasteiger partial charge in [0.15, 0.2) is 0 Å². The first-order valence-corrected chi connectivity index (χ1v) is 11.6. The molecule has 35 heavy (non-hydrogen) atoms. The predicted molar refractivity (Wildman–Crippen MR) is 133 cm³/mol. The van der Waals surface area contributed by atoms with Crippen molar-refractivity contribution in [2.75, 3.05) is 24.8 Å². The summed E-state index contributed by atoms with van der Waals surface area (Å²) in [6.07, 6.45) is 1.42.